The van der Waals surface area contributed by atoms with Gasteiger partial charge in [-0.1, -0.05) is 11.6 Å². The molecule has 3 aromatic rings. The van der Waals surface area contributed by atoms with E-state index < -0.39 is 35.2 Å². The SMILES string of the molecule is CC(C)n1c(=O)n(CC2CC2)c(=O)c2cc(NC(=O)N3C[C@H](C(N)=O)C[C@H](C(=O)Nc4ccc(C#N)c(Cl)c4)C3)ccc21. The van der Waals surface area contributed by atoms with Crippen molar-refractivity contribution in [2.24, 2.45) is 23.5 Å². The van der Waals surface area contributed by atoms with Gasteiger partial charge in [-0.05, 0) is 75.4 Å². The number of fused-ring (bicyclic) bond motifs is 1. The third kappa shape index (κ3) is 6.27. The number of nitrogens with two attached hydrogens (primary N) is 1. The first-order valence-corrected chi connectivity index (χ1v) is 14.5. The van der Waals surface area contributed by atoms with Gasteiger partial charge in [0.1, 0.15) is 6.07 Å². The quantitative estimate of drug-likeness (QED) is 0.373. The normalized spacial score (nSPS) is 18.3. The number of nitrogens with one attached hydrogen (secondary N) is 2. The minimum Gasteiger partial charge on any atom is -0.369 e. The fourth-order valence-corrected chi connectivity index (χ4v) is 5.69. The van der Waals surface area contributed by atoms with Gasteiger partial charge >= 0.3 is 11.7 Å². The molecule has 2 aliphatic rings. The molecule has 2 aromatic carbocycles. The number of anilines is 2. The zero-order chi connectivity index (χ0) is 31.0. The number of urea groups is 1. The van der Waals surface area contributed by atoms with E-state index in [0.29, 0.717) is 34.7 Å². The monoisotopic (exact) mass is 605 g/mol. The summed E-state index contributed by atoms with van der Waals surface area (Å²) in [5.41, 5.74) is 6.26. The first-order chi connectivity index (χ1) is 20.5. The van der Waals surface area contributed by atoms with Crippen molar-refractivity contribution >= 4 is 51.7 Å². The van der Waals surface area contributed by atoms with Crippen LogP contribution in [-0.2, 0) is 16.1 Å². The van der Waals surface area contributed by atoms with E-state index in [4.69, 9.17) is 22.6 Å². The van der Waals surface area contributed by atoms with Gasteiger partial charge < -0.3 is 21.3 Å². The summed E-state index contributed by atoms with van der Waals surface area (Å²) in [6.45, 7) is 4.13. The lowest BCUT2D eigenvalue weighted by Crippen LogP contribution is -2.51. The van der Waals surface area contributed by atoms with Crippen LogP contribution in [-0.4, -0.2) is 45.0 Å². The number of hydrogen-bond acceptors (Lipinski definition) is 6. The molecule has 4 amide bonds. The van der Waals surface area contributed by atoms with Gasteiger partial charge in [0.25, 0.3) is 5.56 Å². The summed E-state index contributed by atoms with van der Waals surface area (Å²) in [7, 11) is 0. The number of nitrogens with zero attached hydrogens (tertiary/aromatic N) is 4. The molecule has 1 saturated carbocycles. The van der Waals surface area contributed by atoms with Crippen molar-refractivity contribution in [1.82, 2.24) is 14.0 Å². The number of primary amides is 1. The number of hydrogen-bond donors (Lipinski definition) is 3. The third-order valence-corrected chi connectivity index (χ3v) is 8.25. The molecule has 2 heterocycles. The van der Waals surface area contributed by atoms with E-state index in [1.54, 1.807) is 28.8 Å². The van der Waals surface area contributed by atoms with E-state index in [2.05, 4.69) is 10.6 Å². The highest BCUT2D eigenvalue weighted by atomic mass is 35.5. The standard InChI is InChI=1S/C30H32ClN7O5/c1-16(2)38-25-8-7-21(10-23(25)28(41)37(30(38)43)13-17-3-4-17)35-29(42)36-14-19(26(33)39)9-20(15-36)27(40)34-22-6-5-18(12-32)24(31)11-22/h5-8,10-11,16-17,19-20H,3-4,9,13-15H2,1-2H3,(H2,33,39)(H,34,40)(H,35,42)/t19-,20+/m1/s1. The maximum absolute atomic E-state index is 13.4. The molecular weight excluding hydrogens is 574 g/mol. The van der Waals surface area contributed by atoms with Gasteiger partial charge in [-0.25, -0.2) is 9.59 Å². The number of carbonyl (C=O) groups excluding carboxylic acids is 3. The Morgan fingerprint density at radius 2 is 1.72 bits per heavy atom. The molecule has 1 aliphatic carbocycles. The number of rotatable bonds is 7. The second kappa shape index (κ2) is 11.9. The van der Waals surface area contributed by atoms with Crippen LogP contribution >= 0.6 is 11.6 Å². The van der Waals surface area contributed by atoms with Crippen LogP contribution in [0.1, 0.15) is 44.7 Å². The topological polar surface area (TPSA) is 172 Å². The Hall–Kier alpha value is -4.63. The lowest BCUT2D eigenvalue weighted by molar-refractivity contribution is -0.126. The van der Waals surface area contributed by atoms with Crippen molar-refractivity contribution in [3.8, 4) is 6.07 Å². The Morgan fingerprint density at radius 3 is 2.35 bits per heavy atom. The number of aromatic nitrogens is 2. The first kappa shape index (κ1) is 29.8. The maximum Gasteiger partial charge on any atom is 0.331 e. The van der Waals surface area contributed by atoms with Crippen LogP contribution in [0.3, 0.4) is 0 Å². The number of nitriles is 1. The van der Waals surface area contributed by atoms with Gasteiger partial charge in [0.2, 0.25) is 11.8 Å². The Labute approximate surface area is 252 Å². The Bertz CT molecular complexity index is 1790. The van der Waals surface area contributed by atoms with Gasteiger partial charge in [0, 0.05) is 37.1 Å². The summed E-state index contributed by atoms with van der Waals surface area (Å²) in [6, 6.07) is 10.5. The zero-order valence-corrected chi connectivity index (χ0v) is 24.6. The third-order valence-electron chi connectivity index (χ3n) is 7.94. The number of benzene rings is 2. The number of amides is 4. The fourth-order valence-electron chi connectivity index (χ4n) is 5.47. The van der Waals surface area contributed by atoms with Crippen molar-refractivity contribution in [3.63, 3.8) is 0 Å². The Morgan fingerprint density at radius 1 is 1.05 bits per heavy atom. The highest BCUT2D eigenvalue weighted by Gasteiger charge is 2.36. The highest BCUT2D eigenvalue weighted by Crippen LogP contribution is 2.30. The molecule has 224 valence electrons. The Kier molecular flexibility index (Phi) is 8.28. The summed E-state index contributed by atoms with van der Waals surface area (Å²) in [6.07, 6.45) is 2.10. The van der Waals surface area contributed by atoms with Crippen molar-refractivity contribution in [3.05, 3.63) is 67.8 Å². The van der Waals surface area contributed by atoms with Gasteiger partial charge in [-0.3, -0.25) is 23.5 Å². The highest BCUT2D eigenvalue weighted by molar-refractivity contribution is 6.32. The predicted octanol–water partition coefficient (Wildman–Crippen LogP) is 3.27. The summed E-state index contributed by atoms with van der Waals surface area (Å²) >= 11 is 6.08. The number of piperidine rings is 1. The number of halogens is 1. The van der Waals surface area contributed by atoms with Crippen LogP contribution in [0.5, 0.6) is 0 Å². The molecular formula is C30H32ClN7O5. The van der Waals surface area contributed by atoms with Crippen molar-refractivity contribution in [2.45, 2.75) is 45.7 Å². The molecule has 0 spiro atoms. The zero-order valence-electron chi connectivity index (χ0n) is 23.8. The molecule has 1 saturated heterocycles. The molecule has 12 nitrogen and oxygen atoms in total. The fraction of sp³-hybridized carbons (Fsp3) is 0.400. The summed E-state index contributed by atoms with van der Waals surface area (Å²) in [5, 5.41) is 15.1. The van der Waals surface area contributed by atoms with E-state index in [1.807, 2.05) is 19.9 Å². The molecule has 1 aromatic heterocycles. The van der Waals surface area contributed by atoms with Crippen LogP contribution in [0.4, 0.5) is 16.2 Å². The molecule has 13 heteroatoms. The molecule has 5 rings (SSSR count). The average Bonchev–Trinajstić information content (AvgIpc) is 3.79. The maximum atomic E-state index is 13.4. The number of carbonyl (C=O) groups is 3. The van der Waals surface area contributed by atoms with E-state index >= 15 is 0 Å². The largest absolute Gasteiger partial charge is 0.369 e. The average molecular weight is 606 g/mol. The second-order valence-corrected chi connectivity index (χ2v) is 11.9. The smallest absolute Gasteiger partial charge is 0.331 e. The summed E-state index contributed by atoms with van der Waals surface area (Å²) < 4.78 is 2.86. The van der Waals surface area contributed by atoms with E-state index in [-0.39, 0.29) is 41.8 Å². The Balaban J connectivity index is 1.38. The van der Waals surface area contributed by atoms with Crippen LogP contribution in [0, 0.1) is 29.1 Å². The van der Waals surface area contributed by atoms with Crippen LogP contribution in [0.25, 0.3) is 10.9 Å². The van der Waals surface area contributed by atoms with E-state index in [1.165, 1.54) is 21.6 Å². The summed E-state index contributed by atoms with van der Waals surface area (Å²) in [5.74, 6) is -2.27. The van der Waals surface area contributed by atoms with Crippen molar-refractivity contribution in [2.75, 3.05) is 23.7 Å². The molecule has 0 bridgehead atoms. The van der Waals surface area contributed by atoms with Gasteiger partial charge in [-0.15, -0.1) is 0 Å². The second-order valence-electron chi connectivity index (χ2n) is 11.5. The van der Waals surface area contributed by atoms with Crippen LogP contribution in [0.2, 0.25) is 5.02 Å². The lowest BCUT2D eigenvalue weighted by atomic mass is 9.88. The first-order valence-electron chi connectivity index (χ1n) is 14.1. The molecule has 2 fully saturated rings. The number of likely N-dealkylation sites (tertiary alicyclic amines) is 1. The minimum atomic E-state index is -0.758. The van der Waals surface area contributed by atoms with Gasteiger partial charge in [-0.2, -0.15) is 5.26 Å². The van der Waals surface area contributed by atoms with Crippen LogP contribution < -0.4 is 27.6 Å². The van der Waals surface area contributed by atoms with Crippen LogP contribution in [0.15, 0.2) is 46.0 Å². The molecule has 0 unspecified atom stereocenters. The minimum absolute atomic E-state index is 0.0140. The lowest BCUT2D eigenvalue weighted by Gasteiger charge is -2.35. The molecule has 2 atom stereocenters. The van der Waals surface area contributed by atoms with Crippen molar-refractivity contribution < 1.29 is 14.4 Å². The summed E-state index contributed by atoms with van der Waals surface area (Å²) in [4.78, 5) is 66.6. The molecule has 0 radical (unpaired) electrons. The van der Waals surface area contributed by atoms with Crippen molar-refractivity contribution in [1.29, 1.82) is 5.26 Å². The van der Waals surface area contributed by atoms with Gasteiger partial charge in [0.05, 0.1) is 33.3 Å². The molecule has 43 heavy (non-hydrogen) atoms. The predicted molar refractivity (Wildman–Crippen MR) is 162 cm³/mol. The van der Waals surface area contributed by atoms with E-state index in [9.17, 15) is 24.0 Å². The molecule has 4 N–H and O–H groups in total. The molecule has 1 aliphatic heterocycles. The van der Waals surface area contributed by atoms with E-state index in [0.717, 1.165) is 12.8 Å². The van der Waals surface area contributed by atoms with Gasteiger partial charge in [0.15, 0.2) is 0 Å².